The fourth-order valence-corrected chi connectivity index (χ4v) is 4.16. The van der Waals surface area contributed by atoms with Gasteiger partial charge in [-0.2, -0.15) is 0 Å². The maximum Gasteiger partial charge on any atom is 0.338 e. The molecule has 1 fully saturated rings. The second kappa shape index (κ2) is 8.79. The van der Waals surface area contributed by atoms with Gasteiger partial charge in [-0.25, -0.2) is 14.2 Å². The van der Waals surface area contributed by atoms with Crippen molar-refractivity contribution in [3.8, 4) is 0 Å². The SMILES string of the molecule is CCCCOC(=O)c1ccc(NC(=O)C2CN(c3nc4ccc(F)cc4s3)C2)cc1. The van der Waals surface area contributed by atoms with Crippen LogP contribution in [0, 0.1) is 11.7 Å². The summed E-state index contributed by atoms with van der Waals surface area (Å²) in [4.78, 5) is 30.9. The average molecular weight is 428 g/mol. The molecule has 1 amide bonds. The lowest BCUT2D eigenvalue weighted by atomic mass is 10.00. The van der Waals surface area contributed by atoms with Gasteiger partial charge in [-0.3, -0.25) is 4.79 Å². The summed E-state index contributed by atoms with van der Waals surface area (Å²) >= 11 is 1.42. The summed E-state index contributed by atoms with van der Waals surface area (Å²) in [7, 11) is 0. The van der Waals surface area contributed by atoms with E-state index in [4.69, 9.17) is 4.74 Å². The number of fused-ring (bicyclic) bond motifs is 1. The second-order valence-corrected chi connectivity index (χ2v) is 8.28. The maximum atomic E-state index is 13.3. The quantitative estimate of drug-likeness (QED) is 0.445. The van der Waals surface area contributed by atoms with Crippen LogP contribution in [-0.4, -0.2) is 36.6 Å². The average Bonchev–Trinajstić information content (AvgIpc) is 3.10. The van der Waals surface area contributed by atoms with Crippen LogP contribution in [0.15, 0.2) is 42.5 Å². The van der Waals surface area contributed by atoms with Gasteiger partial charge in [-0.05, 0) is 48.9 Å². The Kier molecular flexibility index (Phi) is 5.94. The number of thiazole rings is 1. The molecule has 1 aromatic heterocycles. The van der Waals surface area contributed by atoms with E-state index in [0.29, 0.717) is 30.9 Å². The van der Waals surface area contributed by atoms with Crippen molar-refractivity contribution >= 4 is 44.2 Å². The molecule has 0 atom stereocenters. The minimum absolute atomic E-state index is 0.0725. The Morgan fingerprint density at radius 3 is 2.73 bits per heavy atom. The fraction of sp³-hybridized carbons (Fsp3) is 0.318. The minimum Gasteiger partial charge on any atom is -0.462 e. The Morgan fingerprint density at radius 1 is 1.23 bits per heavy atom. The number of ether oxygens (including phenoxy) is 1. The predicted molar refractivity (Wildman–Crippen MR) is 116 cm³/mol. The zero-order valence-corrected chi connectivity index (χ0v) is 17.4. The molecule has 1 aliphatic rings. The van der Waals surface area contributed by atoms with E-state index in [-0.39, 0.29) is 23.6 Å². The van der Waals surface area contributed by atoms with Gasteiger partial charge in [0.25, 0.3) is 0 Å². The van der Waals surface area contributed by atoms with E-state index >= 15 is 0 Å². The van der Waals surface area contributed by atoms with Crippen LogP contribution in [0.25, 0.3) is 10.2 Å². The smallest absolute Gasteiger partial charge is 0.338 e. The molecule has 0 bridgehead atoms. The Balaban J connectivity index is 1.29. The number of esters is 1. The first-order valence-electron chi connectivity index (χ1n) is 9.92. The highest BCUT2D eigenvalue weighted by Crippen LogP contribution is 2.33. The molecule has 3 aromatic rings. The molecular weight excluding hydrogens is 405 g/mol. The number of hydrogen-bond acceptors (Lipinski definition) is 6. The molecule has 0 radical (unpaired) electrons. The van der Waals surface area contributed by atoms with Gasteiger partial charge in [0.05, 0.1) is 28.3 Å². The van der Waals surface area contributed by atoms with Crippen LogP contribution >= 0.6 is 11.3 Å². The maximum absolute atomic E-state index is 13.3. The summed E-state index contributed by atoms with van der Waals surface area (Å²) in [5, 5.41) is 3.68. The third kappa shape index (κ3) is 4.43. The van der Waals surface area contributed by atoms with Crippen molar-refractivity contribution in [3.63, 3.8) is 0 Å². The van der Waals surface area contributed by atoms with Crippen LogP contribution in [-0.2, 0) is 9.53 Å². The molecule has 0 aliphatic carbocycles. The van der Waals surface area contributed by atoms with Crippen molar-refractivity contribution < 1.29 is 18.7 Å². The van der Waals surface area contributed by atoms with Crippen molar-refractivity contribution in [1.82, 2.24) is 4.98 Å². The molecule has 2 aromatic carbocycles. The first-order valence-corrected chi connectivity index (χ1v) is 10.7. The lowest BCUT2D eigenvalue weighted by molar-refractivity contribution is -0.120. The summed E-state index contributed by atoms with van der Waals surface area (Å²) in [6, 6.07) is 11.2. The highest BCUT2D eigenvalue weighted by atomic mass is 32.1. The molecule has 0 saturated carbocycles. The Bertz CT molecular complexity index is 1060. The number of amides is 1. The zero-order valence-electron chi connectivity index (χ0n) is 16.6. The molecule has 0 unspecified atom stereocenters. The number of aromatic nitrogens is 1. The number of anilines is 2. The van der Waals surface area contributed by atoms with Crippen LogP contribution in [0.5, 0.6) is 0 Å². The summed E-state index contributed by atoms with van der Waals surface area (Å²) in [5.41, 5.74) is 1.86. The molecule has 1 N–H and O–H groups in total. The Hall–Kier alpha value is -3.00. The number of carbonyl (C=O) groups is 2. The van der Waals surface area contributed by atoms with Crippen molar-refractivity contribution in [3.05, 3.63) is 53.8 Å². The van der Waals surface area contributed by atoms with Gasteiger partial charge in [-0.15, -0.1) is 0 Å². The highest BCUT2D eigenvalue weighted by Gasteiger charge is 2.34. The number of carbonyl (C=O) groups excluding carboxylic acids is 2. The largest absolute Gasteiger partial charge is 0.462 e. The Labute approximate surface area is 177 Å². The fourth-order valence-electron chi connectivity index (χ4n) is 3.15. The van der Waals surface area contributed by atoms with Crippen LogP contribution in [0.4, 0.5) is 15.2 Å². The lowest BCUT2D eigenvalue weighted by Gasteiger charge is -2.37. The molecule has 4 rings (SSSR count). The number of rotatable bonds is 7. The second-order valence-electron chi connectivity index (χ2n) is 7.27. The van der Waals surface area contributed by atoms with E-state index in [9.17, 15) is 14.0 Å². The molecule has 1 saturated heterocycles. The van der Waals surface area contributed by atoms with Gasteiger partial charge in [-0.1, -0.05) is 24.7 Å². The van der Waals surface area contributed by atoms with Gasteiger partial charge in [0.1, 0.15) is 5.82 Å². The predicted octanol–water partition coefficient (Wildman–Crippen LogP) is 4.47. The van der Waals surface area contributed by atoms with Crippen molar-refractivity contribution in [2.75, 3.05) is 29.9 Å². The molecule has 2 heterocycles. The van der Waals surface area contributed by atoms with Gasteiger partial charge >= 0.3 is 5.97 Å². The third-order valence-electron chi connectivity index (χ3n) is 4.98. The number of unbranched alkanes of at least 4 members (excludes halogenated alkanes) is 1. The first kappa shape index (κ1) is 20.3. The van der Waals surface area contributed by atoms with Gasteiger partial charge in [0, 0.05) is 18.8 Å². The van der Waals surface area contributed by atoms with Crippen molar-refractivity contribution in [2.24, 2.45) is 5.92 Å². The number of nitrogens with zero attached hydrogens (tertiary/aromatic N) is 2. The minimum atomic E-state index is -0.355. The molecule has 0 spiro atoms. The zero-order chi connectivity index (χ0) is 21.1. The summed E-state index contributed by atoms with van der Waals surface area (Å²) in [6.07, 6.45) is 1.81. The molecule has 156 valence electrons. The standard InChI is InChI=1S/C22H22FN3O3S/c1-2-3-10-29-21(28)14-4-7-17(8-5-14)24-20(27)15-12-26(13-15)22-25-18-9-6-16(23)11-19(18)30-22/h4-9,11,15H,2-3,10,12-13H2,1H3,(H,24,27). The van der Waals surface area contributed by atoms with Crippen LogP contribution in [0.3, 0.4) is 0 Å². The number of benzene rings is 2. The van der Waals surface area contributed by atoms with E-state index in [1.807, 2.05) is 11.8 Å². The van der Waals surface area contributed by atoms with E-state index in [0.717, 1.165) is 28.2 Å². The Morgan fingerprint density at radius 2 is 2.00 bits per heavy atom. The van der Waals surface area contributed by atoms with E-state index in [1.165, 1.54) is 23.5 Å². The normalized spacial score (nSPS) is 13.9. The van der Waals surface area contributed by atoms with Gasteiger partial charge in [0.2, 0.25) is 5.91 Å². The lowest BCUT2D eigenvalue weighted by Crippen LogP contribution is -2.52. The van der Waals surface area contributed by atoms with E-state index in [1.54, 1.807) is 30.3 Å². The van der Waals surface area contributed by atoms with Gasteiger partial charge < -0.3 is 15.0 Å². The van der Waals surface area contributed by atoms with Crippen molar-refractivity contribution in [1.29, 1.82) is 0 Å². The topological polar surface area (TPSA) is 71.5 Å². The number of nitrogens with one attached hydrogen (secondary N) is 1. The summed E-state index contributed by atoms with van der Waals surface area (Å²) in [6.45, 7) is 3.58. The van der Waals surface area contributed by atoms with Crippen LogP contribution < -0.4 is 10.2 Å². The monoisotopic (exact) mass is 427 g/mol. The van der Waals surface area contributed by atoms with Crippen LogP contribution in [0.2, 0.25) is 0 Å². The molecular formula is C22H22FN3O3S. The van der Waals surface area contributed by atoms with E-state index in [2.05, 4.69) is 10.3 Å². The van der Waals surface area contributed by atoms with Crippen molar-refractivity contribution in [2.45, 2.75) is 19.8 Å². The first-order chi connectivity index (χ1) is 14.5. The molecule has 1 aliphatic heterocycles. The number of hydrogen-bond donors (Lipinski definition) is 1. The highest BCUT2D eigenvalue weighted by molar-refractivity contribution is 7.22. The molecule has 6 nitrogen and oxygen atoms in total. The van der Waals surface area contributed by atoms with E-state index < -0.39 is 0 Å². The molecule has 30 heavy (non-hydrogen) atoms. The third-order valence-corrected chi connectivity index (χ3v) is 6.06. The number of halogens is 1. The van der Waals surface area contributed by atoms with Gasteiger partial charge in [0.15, 0.2) is 5.13 Å². The molecule has 8 heteroatoms. The van der Waals surface area contributed by atoms with Crippen LogP contribution in [0.1, 0.15) is 30.1 Å². The summed E-state index contributed by atoms with van der Waals surface area (Å²) in [5.74, 6) is -0.852. The summed E-state index contributed by atoms with van der Waals surface area (Å²) < 4.78 is 19.3.